The van der Waals surface area contributed by atoms with Crippen LogP contribution in [0.15, 0.2) is 36.4 Å². The number of nitrogens with zero attached hydrogens (tertiary/aromatic N) is 3. The number of rotatable bonds is 9. The fraction of sp³-hybridized carbons (Fsp3) is 0.500. The Morgan fingerprint density at radius 1 is 1.12 bits per heavy atom. The smallest absolute Gasteiger partial charge is 0.161 e. The Hall–Kier alpha value is -2.52. The van der Waals surface area contributed by atoms with Gasteiger partial charge >= 0.3 is 0 Å². The van der Waals surface area contributed by atoms with Gasteiger partial charge in [-0.25, -0.2) is 9.50 Å². The fourth-order valence-corrected chi connectivity index (χ4v) is 4.55. The van der Waals surface area contributed by atoms with Crippen molar-refractivity contribution in [1.82, 2.24) is 25.2 Å². The van der Waals surface area contributed by atoms with Crippen LogP contribution in [0.4, 0.5) is 5.69 Å². The number of aliphatic hydroxyl groups is 2. The van der Waals surface area contributed by atoms with Gasteiger partial charge in [0.15, 0.2) is 11.5 Å². The van der Waals surface area contributed by atoms with Crippen molar-refractivity contribution in [2.45, 2.75) is 56.9 Å². The monoisotopic (exact) mass is 436 g/mol. The topological polar surface area (TPSA) is 121 Å². The number of hydrogen-bond donors (Lipinski definition) is 5. The van der Waals surface area contributed by atoms with Gasteiger partial charge in [0.1, 0.15) is 12.5 Å². The minimum atomic E-state index is -0.737. The number of nitrogens with one attached hydrogen (secondary N) is 2. The third-order valence-corrected chi connectivity index (χ3v) is 6.89. The average molecular weight is 437 g/mol. The van der Waals surface area contributed by atoms with E-state index in [1.165, 1.54) is 12.0 Å². The van der Waals surface area contributed by atoms with Crippen molar-refractivity contribution >= 4 is 11.3 Å². The third kappa shape index (κ3) is 3.88. The van der Waals surface area contributed by atoms with E-state index in [2.05, 4.69) is 29.7 Å². The molecule has 0 aliphatic heterocycles. The van der Waals surface area contributed by atoms with Crippen molar-refractivity contribution in [2.24, 2.45) is 5.92 Å². The number of fused-ring (bicyclic) bond motifs is 1. The van der Waals surface area contributed by atoms with Gasteiger partial charge in [0, 0.05) is 29.9 Å². The first-order valence-electron chi connectivity index (χ1n) is 11.5. The summed E-state index contributed by atoms with van der Waals surface area (Å²) in [5.41, 5.74) is 10.3. The molecule has 32 heavy (non-hydrogen) atoms. The number of pyridine rings is 1. The summed E-state index contributed by atoms with van der Waals surface area (Å²) < 4.78 is 1.95. The lowest BCUT2D eigenvalue weighted by Crippen LogP contribution is -2.44. The molecule has 8 nitrogen and oxygen atoms in total. The number of nitrogen functional groups attached to an aromatic ring is 1. The Bertz CT molecular complexity index is 1110. The van der Waals surface area contributed by atoms with Crippen molar-refractivity contribution in [3.63, 3.8) is 0 Å². The highest BCUT2D eigenvalue weighted by Gasteiger charge is 2.54. The quantitative estimate of drug-likeness (QED) is 0.198. The number of nitrogens with two attached hydrogens (primary N) is 1. The minimum absolute atomic E-state index is 0.471. The maximum absolute atomic E-state index is 10.9. The maximum Gasteiger partial charge on any atom is 0.161 e. The van der Waals surface area contributed by atoms with Crippen LogP contribution < -0.4 is 16.4 Å². The molecule has 2 aliphatic carbocycles. The Labute approximate surface area is 187 Å². The number of anilines is 1. The largest absolute Gasteiger partial charge is 0.399 e. The average Bonchev–Trinajstić information content (AvgIpc) is 3.68. The number of hydrogen-bond acceptors (Lipinski definition) is 7. The van der Waals surface area contributed by atoms with Gasteiger partial charge < -0.3 is 15.9 Å². The normalized spacial score (nSPS) is 23.2. The van der Waals surface area contributed by atoms with Crippen LogP contribution in [-0.4, -0.2) is 50.4 Å². The summed E-state index contributed by atoms with van der Waals surface area (Å²) >= 11 is 0. The van der Waals surface area contributed by atoms with Crippen molar-refractivity contribution in [1.29, 1.82) is 0 Å². The summed E-state index contributed by atoms with van der Waals surface area (Å²) in [6.07, 6.45) is 1.55. The van der Waals surface area contributed by atoms with Crippen LogP contribution in [0.25, 0.3) is 16.9 Å². The molecule has 2 aliphatic rings. The van der Waals surface area contributed by atoms with Crippen LogP contribution in [0.1, 0.15) is 50.4 Å². The van der Waals surface area contributed by atoms with Gasteiger partial charge in [-0.05, 0) is 56.2 Å². The zero-order valence-electron chi connectivity index (χ0n) is 18.6. The van der Waals surface area contributed by atoms with Gasteiger partial charge in [-0.15, -0.1) is 5.10 Å². The molecule has 1 aromatic carbocycles. The van der Waals surface area contributed by atoms with Gasteiger partial charge in [0.05, 0.1) is 11.1 Å². The molecule has 170 valence electrons. The van der Waals surface area contributed by atoms with Crippen molar-refractivity contribution < 1.29 is 10.2 Å². The second-order valence-electron chi connectivity index (χ2n) is 9.43. The second kappa shape index (κ2) is 8.12. The third-order valence-electron chi connectivity index (χ3n) is 6.89. The molecule has 2 fully saturated rings. The molecule has 0 amide bonds. The molecule has 4 unspecified atom stereocenters. The maximum atomic E-state index is 10.9. The fourth-order valence-electron chi connectivity index (χ4n) is 4.55. The minimum Gasteiger partial charge on any atom is -0.399 e. The van der Waals surface area contributed by atoms with Crippen molar-refractivity contribution in [3.8, 4) is 11.3 Å². The van der Waals surface area contributed by atoms with Crippen LogP contribution in [0, 0.1) is 5.92 Å². The Morgan fingerprint density at radius 3 is 2.44 bits per heavy atom. The highest BCUT2D eigenvalue weighted by molar-refractivity contribution is 5.67. The van der Waals surface area contributed by atoms with E-state index in [0.717, 1.165) is 35.4 Å². The zero-order valence-corrected chi connectivity index (χ0v) is 18.6. The van der Waals surface area contributed by atoms with E-state index >= 15 is 0 Å². The van der Waals surface area contributed by atoms with E-state index in [1.807, 2.05) is 28.8 Å². The van der Waals surface area contributed by atoms with E-state index in [4.69, 9.17) is 15.8 Å². The van der Waals surface area contributed by atoms with Crippen molar-refractivity contribution in [3.05, 3.63) is 47.8 Å². The Morgan fingerprint density at radius 2 is 1.81 bits per heavy atom. The molecule has 0 saturated heterocycles. The number of benzene rings is 1. The standard InChI is InChI=1S/C24H32N6O2/c1-14-13-19(14)18-7-8-20(16-3-5-17(25)6-4-16)30-21(18)28-22(29-30)24(9-10-24)23(32)27-12-11-26-15(2)31/h3-8,14-15,19,23,26-27,31-32H,9-13,25H2,1-2H3. The summed E-state index contributed by atoms with van der Waals surface area (Å²) in [7, 11) is 0. The van der Waals surface area contributed by atoms with Gasteiger partial charge in [-0.1, -0.05) is 25.1 Å². The first-order valence-corrected chi connectivity index (χ1v) is 11.5. The highest BCUT2D eigenvalue weighted by Crippen LogP contribution is 2.51. The molecule has 0 spiro atoms. The SMILES string of the molecule is CC(O)NCCNC(O)C1(c2nc3c(C4CC4C)ccc(-c4ccc(N)cc4)n3n2)CC1. The van der Waals surface area contributed by atoms with Gasteiger partial charge in [0.2, 0.25) is 0 Å². The first-order chi connectivity index (χ1) is 15.4. The molecule has 8 heteroatoms. The first kappa shape index (κ1) is 21.3. The van der Waals surface area contributed by atoms with Crippen molar-refractivity contribution in [2.75, 3.05) is 18.8 Å². The molecule has 0 radical (unpaired) electrons. The van der Waals surface area contributed by atoms with Crippen LogP contribution in [-0.2, 0) is 5.41 Å². The van der Waals surface area contributed by atoms with Crippen LogP contribution in [0.3, 0.4) is 0 Å². The molecule has 2 saturated carbocycles. The van der Waals surface area contributed by atoms with E-state index in [9.17, 15) is 10.2 Å². The Balaban J connectivity index is 1.49. The summed E-state index contributed by atoms with van der Waals surface area (Å²) in [5.74, 6) is 1.86. The molecule has 5 rings (SSSR count). The van der Waals surface area contributed by atoms with Crippen LogP contribution >= 0.6 is 0 Å². The van der Waals surface area contributed by atoms with E-state index < -0.39 is 17.9 Å². The van der Waals surface area contributed by atoms with Crippen LogP contribution in [0.5, 0.6) is 0 Å². The molecule has 3 aromatic rings. The van der Waals surface area contributed by atoms with Gasteiger partial charge in [-0.3, -0.25) is 10.6 Å². The summed E-state index contributed by atoms with van der Waals surface area (Å²) in [6.45, 7) is 5.05. The number of aromatic nitrogens is 3. The lowest BCUT2D eigenvalue weighted by Gasteiger charge is -2.21. The summed E-state index contributed by atoms with van der Waals surface area (Å²) in [4.78, 5) is 5.00. The second-order valence-corrected chi connectivity index (χ2v) is 9.43. The summed E-state index contributed by atoms with van der Waals surface area (Å²) in [6, 6.07) is 12.1. The van der Waals surface area contributed by atoms with Gasteiger partial charge in [-0.2, -0.15) is 0 Å². The molecular formula is C24H32N6O2. The molecule has 0 bridgehead atoms. The van der Waals surface area contributed by atoms with Crippen LogP contribution in [0.2, 0.25) is 0 Å². The number of aliphatic hydroxyl groups excluding tert-OH is 2. The lowest BCUT2D eigenvalue weighted by atomic mass is 10.0. The molecule has 6 N–H and O–H groups in total. The molecular weight excluding hydrogens is 404 g/mol. The van der Waals surface area contributed by atoms with E-state index in [-0.39, 0.29) is 0 Å². The summed E-state index contributed by atoms with van der Waals surface area (Å²) in [5, 5.41) is 31.3. The van der Waals surface area contributed by atoms with E-state index in [1.54, 1.807) is 6.92 Å². The van der Waals surface area contributed by atoms with Gasteiger partial charge in [0.25, 0.3) is 0 Å². The van der Waals surface area contributed by atoms with E-state index in [0.29, 0.717) is 30.7 Å². The predicted molar refractivity (Wildman–Crippen MR) is 124 cm³/mol. The predicted octanol–water partition coefficient (Wildman–Crippen LogP) is 1.97. The lowest BCUT2D eigenvalue weighted by molar-refractivity contribution is 0.0900. The molecule has 2 heterocycles. The zero-order chi connectivity index (χ0) is 22.5. The molecule has 2 aromatic heterocycles. The highest BCUT2D eigenvalue weighted by atomic mass is 16.3. The Kier molecular flexibility index (Phi) is 5.41. The molecule has 4 atom stereocenters.